The standard InChI is InChI=1S/C17H27N5O2S/c23-25(24,15-4-5-15)22-10-6-14(7-11-22)20-16-12-17(19-13-18-16)21-8-2-1-3-9-21/h12-15H,1-11H2,(H,18,19,20). The van der Waals surface area contributed by atoms with Crippen molar-refractivity contribution in [2.75, 3.05) is 36.4 Å². The van der Waals surface area contributed by atoms with Gasteiger partial charge in [-0.25, -0.2) is 22.7 Å². The lowest BCUT2D eigenvalue weighted by molar-refractivity contribution is 0.329. The van der Waals surface area contributed by atoms with Gasteiger partial charge in [0, 0.05) is 38.3 Å². The molecule has 7 nitrogen and oxygen atoms in total. The molecule has 0 bridgehead atoms. The number of hydrogen-bond donors (Lipinski definition) is 1. The molecule has 8 heteroatoms. The van der Waals surface area contributed by atoms with E-state index in [9.17, 15) is 8.42 Å². The van der Waals surface area contributed by atoms with Crippen LogP contribution in [-0.2, 0) is 10.0 Å². The van der Waals surface area contributed by atoms with Crippen LogP contribution in [0.5, 0.6) is 0 Å². The molecule has 1 aromatic rings. The van der Waals surface area contributed by atoms with Gasteiger partial charge in [0.1, 0.15) is 18.0 Å². The van der Waals surface area contributed by atoms with E-state index in [1.165, 1.54) is 19.3 Å². The van der Waals surface area contributed by atoms with E-state index in [1.807, 2.05) is 6.07 Å². The fraction of sp³-hybridized carbons (Fsp3) is 0.765. The Balaban J connectivity index is 1.34. The lowest BCUT2D eigenvalue weighted by Gasteiger charge is -2.32. The summed E-state index contributed by atoms with van der Waals surface area (Å²) in [4.78, 5) is 11.1. The van der Waals surface area contributed by atoms with Crippen LogP contribution in [0.3, 0.4) is 0 Å². The third-order valence-corrected chi connectivity index (χ3v) is 7.84. The van der Waals surface area contributed by atoms with Crippen LogP contribution < -0.4 is 10.2 Å². The SMILES string of the molecule is O=S(=O)(C1CC1)N1CCC(Nc2cc(N3CCCCC3)ncn2)CC1. The second-order valence-corrected chi connectivity index (χ2v) is 9.58. The molecule has 1 N–H and O–H groups in total. The number of nitrogens with one attached hydrogen (secondary N) is 1. The van der Waals surface area contributed by atoms with E-state index in [0.717, 1.165) is 50.4 Å². The van der Waals surface area contributed by atoms with Crippen LogP contribution in [0.25, 0.3) is 0 Å². The topological polar surface area (TPSA) is 78.4 Å². The van der Waals surface area contributed by atoms with Crippen molar-refractivity contribution in [2.45, 2.75) is 56.2 Å². The Labute approximate surface area is 149 Å². The van der Waals surface area contributed by atoms with E-state index >= 15 is 0 Å². The molecule has 1 aliphatic carbocycles. The summed E-state index contributed by atoms with van der Waals surface area (Å²) in [6, 6.07) is 2.30. The van der Waals surface area contributed by atoms with Gasteiger partial charge in [-0.1, -0.05) is 0 Å². The van der Waals surface area contributed by atoms with E-state index in [0.29, 0.717) is 13.1 Å². The maximum atomic E-state index is 12.3. The number of hydrogen-bond acceptors (Lipinski definition) is 6. The van der Waals surface area contributed by atoms with Crippen molar-refractivity contribution >= 4 is 21.7 Å². The van der Waals surface area contributed by atoms with Crippen LogP contribution >= 0.6 is 0 Å². The monoisotopic (exact) mass is 365 g/mol. The van der Waals surface area contributed by atoms with Crippen molar-refractivity contribution < 1.29 is 8.42 Å². The van der Waals surface area contributed by atoms with Gasteiger partial charge < -0.3 is 10.2 Å². The molecule has 0 atom stereocenters. The second-order valence-electron chi connectivity index (χ2n) is 7.37. The molecule has 0 radical (unpaired) electrons. The minimum Gasteiger partial charge on any atom is -0.367 e. The molecular weight excluding hydrogens is 338 g/mol. The number of sulfonamides is 1. The van der Waals surface area contributed by atoms with Crippen molar-refractivity contribution in [1.29, 1.82) is 0 Å². The van der Waals surface area contributed by atoms with Gasteiger partial charge in [-0.3, -0.25) is 0 Å². The number of nitrogens with zero attached hydrogens (tertiary/aromatic N) is 4. The van der Waals surface area contributed by atoms with Crippen LogP contribution in [0, 0.1) is 0 Å². The molecule has 1 saturated carbocycles. The van der Waals surface area contributed by atoms with E-state index in [1.54, 1.807) is 10.6 Å². The van der Waals surface area contributed by atoms with Gasteiger partial charge in [-0.2, -0.15) is 0 Å². The number of rotatable bonds is 5. The molecule has 0 unspecified atom stereocenters. The Bertz CT molecular complexity index is 693. The van der Waals surface area contributed by atoms with Gasteiger partial charge in [0.15, 0.2) is 0 Å². The molecule has 0 spiro atoms. The van der Waals surface area contributed by atoms with E-state index in [4.69, 9.17) is 0 Å². The third kappa shape index (κ3) is 3.89. The first-order valence-corrected chi connectivity index (χ1v) is 11.0. The zero-order chi connectivity index (χ0) is 17.3. The van der Waals surface area contributed by atoms with Crippen molar-refractivity contribution in [3.05, 3.63) is 12.4 Å². The third-order valence-electron chi connectivity index (χ3n) is 5.44. The van der Waals surface area contributed by atoms with Gasteiger partial charge in [0.05, 0.1) is 5.25 Å². The van der Waals surface area contributed by atoms with Gasteiger partial charge in [-0.05, 0) is 44.9 Å². The van der Waals surface area contributed by atoms with Crippen LogP contribution in [0.2, 0.25) is 0 Å². The second kappa shape index (κ2) is 7.07. The van der Waals surface area contributed by atoms with Crippen LogP contribution in [-0.4, -0.2) is 60.2 Å². The van der Waals surface area contributed by atoms with Crippen LogP contribution in [0.4, 0.5) is 11.6 Å². The Morgan fingerprint density at radius 2 is 1.68 bits per heavy atom. The van der Waals surface area contributed by atoms with E-state index in [-0.39, 0.29) is 11.3 Å². The smallest absolute Gasteiger partial charge is 0.216 e. The Kier molecular flexibility index (Phi) is 4.82. The molecule has 4 rings (SSSR count). The van der Waals surface area contributed by atoms with Crippen molar-refractivity contribution in [2.24, 2.45) is 0 Å². The van der Waals surface area contributed by atoms with Crippen molar-refractivity contribution in [3.63, 3.8) is 0 Å². The molecule has 3 heterocycles. The zero-order valence-electron chi connectivity index (χ0n) is 14.6. The summed E-state index contributed by atoms with van der Waals surface area (Å²) >= 11 is 0. The van der Waals surface area contributed by atoms with Crippen molar-refractivity contribution in [1.82, 2.24) is 14.3 Å². The molecule has 3 fully saturated rings. The van der Waals surface area contributed by atoms with Crippen LogP contribution in [0.15, 0.2) is 12.4 Å². The van der Waals surface area contributed by atoms with Gasteiger partial charge >= 0.3 is 0 Å². The summed E-state index contributed by atoms with van der Waals surface area (Å²) in [7, 11) is -3.03. The highest BCUT2D eigenvalue weighted by Gasteiger charge is 2.41. The first-order valence-electron chi connectivity index (χ1n) is 9.45. The normalized spacial score (nSPS) is 23.6. The molecule has 2 aliphatic heterocycles. The first-order chi connectivity index (χ1) is 12.1. The average Bonchev–Trinajstić information content (AvgIpc) is 3.49. The molecule has 0 amide bonds. The maximum absolute atomic E-state index is 12.3. The minimum absolute atomic E-state index is 0.106. The van der Waals surface area contributed by atoms with Crippen molar-refractivity contribution in [3.8, 4) is 0 Å². The summed E-state index contributed by atoms with van der Waals surface area (Å²) in [5.41, 5.74) is 0. The molecule has 25 heavy (non-hydrogen) atoms. The Morgan fingerprint density at radius 1 is 0.960 bits per heavy atom. The summed E-state index contributed by atoms with van der Waals surface area (Å²) in [6.45, 7) is 3.35. The predicted octanol–water partition coefficient (Wildman–Crippen LogP) is 1.84. The summed E-state index contributed by atoms with van der Waals surface area (Å²) < 4.78 is 26.3. The molecular formula is C17H27N5O2S. The number of aromatic nitrogens is 2. The average molecular weight is 366 g/mol. The Hall–Kier alpha value is -1.41. The van der Waals surface area contributed by atoms with E-state index in [2.05, 4.69) is 20.2 Å². The molecule has 138 valence electrons. The van der Waals surface area contributed by atoms with E-state index < -0.39 is 10.0 Å². The number of anilines is 2. The van der Waals surface area contributed by atoms with Gasteiger partial charge in [0.2, 0.25) is 10.0 Å². The molecule has 2 saturated heterocycles. The molecule has 0 aromatic carbocycles. The highest BCUT2D eigenvalue weighted by atomic mass is 32.2. The highest BCUT2D eigenvalue weighted by molar-refractivity contribution is 7.90. The summed E-state index contributed by atoms with van der Waals surface area (Å²) in [5.74, 6) is 1.84. The quantitative estimate of drug-likeness (QED) is 0.858. The largest absolute Gasteiger partial charge is 0.367 e. The van der Waals surface area contributed by atoms with Crippen LogP contribution in [0.1, 0.15) is 44.9 Å². The fourth-order valence-corrected chi connectivity index (χ4v) is 5.64. The zero-order valence-corrected chi connectivity index (χ0v) is 15.4. The Morgan fingerprint density at radius 3 is 2.36 bits per heavy atom. The summed E-state index contributed by atoms with van der Waals surface area (Å²) in [6.07, 6.45) is 8.70. The molecule has 3 aliphatic rings. The first kappa shape index (κ1) is 17.0. The van der Waals surface area contributed by atoms with Gasteiger partial charge in [-0.15, -0.1) is 0 Å². The summed E-state index contributed by atoms with van der Waals surface area (Å²) in [5, 5.41) is 3.37. The predicted molar refractivity (Wildman–Crippen MR) is 98.3 cm³/mol. The highest BCUT2D eigenvalue weighted by Crippen LogP contribution is 2.32. The number of piperidine rings is 2. The lowest BCUT2D eigenvalue weighted by atomic mass is 10.1. The maximum Gasteiger partial charge on any atom is 0.216 e. The fourth-order valence-electron chi connectivity index (χ4n) is 3.76. The lowest BCUT2D eigenvalue weighted by Crippen LogP contribution is -2.43. The van der Waals surface area contributed by atoms with Gasteiger partial charge in [0.25, 0.3) is 0 Å². The molecule has 1 aromatic heterocycles. The minimum atomic E-state index is -3.03.